The summed E-state index contributed by atoms with van der Waals surface area (Å²) >= 11 is 7.64. The smallest absolute Gasteiger partial charge is 0.224 e. The number of aromatic nitrogens is 1. The molecule has 0 aliphatic carbocycles. The van der Waals surface area contributed by atoms with Gasteiger partial charge in [0, 0.05) is 22.9 Å². The van der Waals surface area contributed by atoms with E-state index in [1.165, 1.54) is 0 Å². The lowest BCUT2D eigenvalue weighted by atomic mass is 10.2. The minimum Gasteiger partial charge on any atom is -0.495 e. The van der Waals surface area contributed by atoms with Crippen LogP contribution in [0.4, 0.5) is 5.69 Å². The van der Waals surface area contributed by atoms with Gasteiger partial charge in [0.15, 0.2) is 0 Å². The van der Waals surface area contributed by atoms with E-state index < -0.39 is 0 Å². The third-order valence-corrected chi connectivity index (χ3v) is 4.26. The van der Waals surface area contributed by atoms with Gasteiger partial charge >= 0.3 is 0 Å². The van der Waals surface area contributed by atoms with E-state index in [1.807, 2.05) is 25.3 Å². The quantitative estimate of drug-likeness (QED) is 0.904. The highest BCUT2D eigenvalue weighted by Gasteiger charge is 2.11. The van der Waals surface area contributed by atoms with Crippen LogP contribution in [-0.2, 0) is 11.2 Å². The zero-order valence-corrected chi connectivity index (χ0v) is 13.8. The summed E-state index contributed by atoms with van der Waals surface area (Å²) < 4.78 is 5.24. The largest absolute Gasteiger partial charge is 0.495 e. The Kier molecular flexibility index (Phi) is 5.20. The van der Waals surface area contributed by atoms with Crippen molar-refractivity contribution < 1.29 is 9.53 Å². The molecule has 0 radical (unpaired) electrons. The number of halogens is 1. The lowest BCUT2D eigenvalue weighted by Gasteiger charge is -2.12. The Labute approximate surface area is 133 Å². The van der Waals surface area contributed by atoms with Crippen LogP contribution in [0.1, 0.15) is 22.7 Å². The average Bonchev–Trinajstić information content (AvgIpc) is 2.86. The fourth-order valence-corrected chi connectivity index (χ4v) is 2.71. The number of amides is 1. The van der Waals surface area contributed by atoms with Crippen LogP contribution in [0.5, 0.6) is 5.75 Å². The Morgan fingerprint density at radius 2 is 2.19 bits per heavy atom. The fourth-order valence-electron chi connectivity index (χ4n) is 1.91. The number of carbonyl (C=O) groups excluding carboxylic acids is 1. The molecule has 4 nitrogen and oxygen atoms in total. The molecule has 0 aliphatic rings. The van der Waals surface area contributed by atoms with Crippen molar-refractivity contribution in [3.8, 4) is 5.75 Å². The Balaban J connectivity index is 2.00. The highest BCUT2D eigenvalue weighted by Crippen LogP contribution is 2.31. The summed E-state index contributed by atoms with van der Waals surface area (Å²) in [5, 5.41) is 6.47. The minimum atomic E-state index is -0.0688. The van der Waals surface area contributed by atoms with Crippen molar-refractivity contribution in [1.82, 2.24) is 4.98 Å². The minimum absolute atomic E-state index is 0.0688. The number of rotatable bonds is 5. The van der Waals surface area contributed by atoms with E-state index in [0.29, 0.717) is 29.3 Å². The molecule has 21 heavy (non-hydrogen) atoms. The number of hydrogen-bond acceptors (Lipinski definition) is 4. The van der Waals surface area contributed by atoms with Gasteiger partial charge in [-0.15, -0.1) is 11.3 Å². The molecule has 0 saturated carbocycles. The number of aryl methyl sites for hydroxylation is 3. The first kappa shape index (κ1) is 15.8. The first-order valence-electron chi connectivity index (χ1n) is 6.54. The molecular formula is C15H17ClN2O2S. The SMILES string of the molecule is COc1cc(Cl)c(C)cc1NC(=O)CCc1csc(C)n1. The normalized spacial score (nSPS) is 10.5. The van der Waals surface area contributed by atoms with Crippen LogP contribution in [0, 0.1) is 13.8 Å². The Morgan fingerprint density at radius 1 is 1.43 bits per heavy atom. The molecule has 0 fully saturated rings. The summed E-state index contributed by atoms with van der Waals surface area (Å²) in [5.41, 5.74) is 2.48. The molecule has 1 amide bonds. The van der Waals surface area contributed by atoms with E-state index in [4.69, 9.17) is 16.3 Å². The van der Waals surface area contributed by atoms with Crippen LogP contribution in [0.15, 0.2) is 17.5 Å². The number of carbonyl (C=O) groups is 1. The maximum Gasteiger partial charge on any atom is 0.224 e. The van der Waals surface area contributed by atoms with E-state index in [-0.39, 0.29) is 5.91 Å². The molecule has 2 aromatic rings. The molecule has 0 spiro atoms. The number of nitrogens with zero attached hydrogens (tertiary/aromatic N) is 1. The molecule has 0 unspecified atom stereocenters. The molecule has 1 aromatic heterocycles. The fraction of sp³-hybridized carbons (Fsp3) is 0.333. The summed E-state index contributed by atoms with van der Waals surface area (Å²) in [6.45, 7) is 3.84. The highest BCUT2D eigenvalue weighted by molar-refractivity contribution is 7.09. The summed E-state index contributed by atoms with van der Waals surface area (Å²) in [6.07, 6.45) is 1.01. The van der Waals surface area contributed by atoms with Crippen molar-refractivity contribution in [3.63, 3.8) is 0 Å². The van der Waals surface area contributed by atoms with E-state index in [9.17, 15) is 4.79 Å². The Bertz CT molecular complexity index is 655. The van der Waals surface area contributed by atoms with Crippen molar-refractivity contribution in [1.29, 1.82) is 0 Å². The Hall–Kier alpha value is -1.59. The molecule has 1 aromatic carbocycles. The molecule has 1 N–H and O–H groups in total. The lowest BCUT2D eigenvalue weighted by Crippen LogP contribution is -2.13. The second-order valence-corrected chi connectivity index (χ2v) is 6.18. The van der Waals surface area contributed by atoms with E-state index in [1.54, 1.807) is 24.5 Å². The van der Waals surface area contributed by atoms with Crippen LogP contribution in [0.25, 0.3) is 0 Å². The standard InChI is InChI=1S/C15H17ClN2O2S/c1-9-6-13(14(20-3)7-12(9)16)18-15(19)5-4-11-8-21-10(2)17-11/h6-8H,4-5H2,1-3H3,(H,18,19). The third-order valence-electron chi connectivity index (χ3n) is 3.03. The van der Waals surface area contributed by atoms with Gasteiger partial charge in [-0.3, -0.25) is 4.79 Å². The number of hydrogen-bond donors (Lipinski definition) is 1. The molecule has 1 heterocycles. The van der Waals surface area contributed by atoms with E-state index in [2.05, 4.69) is 10.3 Å². The van der Waals surface area contributed by atoms with Gasteiger partial charge in [-0.05, 0) is 31.9 Å². The maximum absolute atomic E-state index is 12.0. The highest BCUT2D eigenvalue weighted by atomic mass is 35.5. The zero-order valence-electron chi connectivity index (χ0n) is 12.2. The summed E-state index contributed by atoms with van der Waals surface area (Å²) in [6, 6.07) is 3.52. The predicted octanol–water partition coefficient (Wildman–Crippen LogP) is 3.99. The number of methoxy groups -OCH3 is 1. The molecule has 0 saturated heterocycles. The van der Waals surface area contributed by atoms with Crippen molar-refractivity contribution in [2.24, 2.45) is 0 Å². The molecule has 6 heteroatoms. The van der Waals surface area contributed by atoms with Crippen LogP contribution < -0.4 is 10.1 Å². The maximum atomic E-state index is 12.0. The van der Waals surface area contributed by atoms with Gasteiger partial charge in [-0.25, -0.2) is 4.98 Å². The molecule has 0 bridgehead atoms. The zero-order chi connectivity index (χ0) is 15.4. The number of anilines is 1. The van der Waals surface area contributed by atoms with Gasteiger partial charge in [-0.2, -0.15) is 0 Å². The number of nitrogens with one attached hydrogen (secondary N) is 1. The second-order valence-electron chi connectivity index (χ2n) is 4.71. The lowest BCUT2D eigenvalue weighted by molar-refractivity contribution is -0.116. The van der Waals surface area contributed by atoms with Gasteiger partial charge in [0.05, 0.1) is 23.5 Å². The predicted molar refractivity (Wildman–Crippen MR) is 86.5 cm³/mol. The summed E-state index contributed by atoms with van der Waals surface area (Å²) in [5.74, 6) is 0.490. The molecule has 0 aliphatic heterocycles. The van der Waals surface area contributed by atoms with Crippen molar-refractivity contribution >= 4 is 34.5 Å². The molecular weight excluding hydrogens is 308 g/mol. The van der Waals surface area contributed by atoms with Gasteiger partial charge in [0.1, 0.15) is 5.75 Å². The summed E-state index contributed by atoms with van der Waals surface area (Å²) in [4.78, 5) is 16.4. The van der Waals surface area contributed by atoms with Gasteiger partial charge < -0.3 is 10.1 Å². The first-order chi connectivity index (χ1) is 9.99. The van der Waals surface area contributed by atoms with Crippen molar-refractivity contribution in [2.45, 2.75) is 26.7 Å². The van der Waals surface area contributed by atoms with Crippen LogP contribution in [-0.4, -0.2) is 18.0 Å². The van der Waals surface area contributed by atoms with E-state index in [0.717, 1.165) is 16.3 Å². The number of thiazole rings is 1. The van der Waals surface area contributed by atoms with Gasteiger partial charge in [-0.1, -0.05) is 11.6 Å². The number of ether oxygens (including phenoxy) is 1. The molecule has 0 atom stereocenters. The molecule has 112 valence electrons. The van der Waals surface area contributed by atoms with Crippen LogP contribution in [0.3, 0.4) is 0 Å². The second kappa shape index (κ2) is 6.91. The monoisotopic (exact) mass is 324 g/mol. The van der Waals surface area contributed by atoms with Crippen molar-refractivity contribution in [2.75, 3.05) is 12.4 Å². The number of benzene rings is 1. The first-order valence-corrected chi connectivity index (χ1v) is 7.80. The topological polar surface area (TPSA) is 51.2 Å². The molecule has 2 rings (SSSR count). The average molecular weight is 325 g/mol. The van der Waals surface area contributed by atoms with Crippen LogP contribution >= 0.6 is 22.9 Å². The van der Waals surface area contributed by atoms with E-state index >= 15 is 0 Å². The van der Waals surface area contributed by atoms with Gasteiger partial charge in [0.25, 0.3) is 0 Å². The van der Waals surface area contributed by atoms with Gasteiger partial charge in [0.2, 0.25) is 5.91 Å². The van der Waals surface area contributed by atoms with Crippen LogP contribution in [0.2, 0.25) is 5.02 Å². The summed E-state index contributed by atoms with van der Waals surface area (Å²) in [7, 11) is 1.55. The third kappa shape index (κ3) is 4.19. The Morgan fingerprint density at radius 3 is 2.81 bits per heavy atom. The van der Waals surface area contributed by atoms with Crippen molar-refractivity contribution in [3.05, 3.63) is 38.8 Å².